The highest BCUT2D eigenvalue weighted by Crippen LogP contribution is 2.14. The van der Waals surface area contributed by atoms with Crippen molar-refractivity contribution in [3.8, 4) is 0 Å². The summed E-state index contributed by atoms with van der Waals surface area (Å²) >= 11 is 0. The Hall–Kier alpha value is -1.08. The highest BCUT2D eigenvalue weighted by molar-refractivity contribution is 4.95. The van der Waals surface area contributed by atoms with E-state index in [-0.39, 0.29) is 12.6 Å². The van der Waals surface area contributed by atoms with Crippen LogP contribution in [0, 0.1) is 0 Å². The molecule has 1 atom stereocenters. The van der Waals surface area contributed by atoms with Gasteiger partial charge in [0.2, 0.25) is 0 Å². The number of rotatable bonds is 7. The molecule has 0 aliphatic carbocycles. The summed E-state index contributed by atoms with van der Waals surface area (Å²) in [7, 11) is 1.70. The predicted octanol–water partition coefficient (Wildman–Crippen LogP) is 1.61. The molecule has 1 heterocycles. The second kappa shape index (κ2) is 6.75. The van der Waals surface area contributed by atoms with Gasteiger partial charge in [0, 0.05) is 31.4 Å². The Labute approximate surface area is 104 Å². The zero-order valence-electron chi connectivity index (χ0n) is 10.5. The van der Waals surface area contributed by atoms with Crippen molar-refractivity contribution in [2.75, 3.05) is 20.3 Å². The molecule has 7 heteroatoms. The molecule has 0 aliphatic heterocycles. The number of hydrogen-bond acceptors (Lipinski definition) is 3. The molecule has 0 spiro atoms. The van der Waals surface area contributed by atoms with Gasteiger partial charge in [0.25, 0.3) is 0 Å². The number of nitrogens with one attached hydrogen (secondary N) is 1. The Kier molecular flexibility index (Phi) is 5.61. The van der Waals surface area contributed by atoms with Gasteiger partial charge in [-0.2, -0.15) is 13.2 Å². The van der Waals surface area contributed by atoms with Crippen molar-refractivity contribution in [1.82, 2.24) is 14.9 Å². The fourth-order valence-corrected chi connectivity index (χ4v) is 1.60. The highest BCUT2D eigenvalue weighted by Gasteiger charge is 2.27. The molecule has 0 bridgehead atoms. The Morgan fingerprint density at radius 2 is 2.22 bits per heavy atom. The van der Waals surface area contributed by atoms with Crippen molar-refractivity contribution in [1.29, 1.82) is 0 Å². The lowest BCUT2D eigenvalue weighted by Gasteiger charge is -2.17. The zero-order valence-corrected chi connectivity index (χ0v) is 10.5. The molecule has 1 unspecified atom stereocenters. The van der Waals surface area contributed by atoms with Crippen molar-refractivity contribution in [3.63, 3.8) is 0 Å². The predicted molar refractivity (Wildman–Crippen MR) is 61.3 cm³/mol. The molecular formula is C11H18F3N3O. The largest absolute Gasteiger partial charge is 0.411 e. The van der Waals surface area contributed by atoms with E-state index in [1.54, 1.807) is 13.2 Å². The normalized spacial score (nSPS) is 13.8. The van der Waals surface area contributed by atoms with Gasteiger partial charge in [-0.15, -0.1) is 0 Å². The summed E-state index contributed by atoms with van der Waals surface area (Å²) in [5.41, 5.74) is 0. The van der Waals surface area contributed by atoms with Crippen molar-refractivity contribution < 1.29 is 17.9 Å². The first kappa shape index (κ1) is 15.0. The van der Waals surface area contributed by atoms with E-state index < -0.39 is 12.8 Å². The average molecular weight is 265 g/mol. The summed E-state index contributed by atoms with van der Waals surface area (Å²) in [6.45, 7) is 1.56. The fraction of sp³-hybridized carbons (Fsp3) is 0.727. The quantitative estimate of drug-likeness (QED) is 0.814. The Morgan fingerprint density at radius 1 is 1.50 bits per heavy atom. The van der Waals surface area contributed by atoms with Gasteiger partial charge >= 0.3 is 6.18 Å². The van der Waals surface area contributed by atoms with Gasteiger partial charge in [-0.25, -0.2) is 4.98 Å². The molecule has 0 radical (unpaired) electrons. The molecule has 104 valence electrons. The van der Waals surface area contributed by atoms with Gasteiger partial charge < -0.3 is 14.6 Å². The number of aromatic nitrogens is 2. The minimum absolute atomic E-state index is 0.00653. The molecule has 18 heavy (non-hydrogen) atoms. The summed E-state index contributed by atoms with van der Waals surface area (Å²) in [6, 6.07) is -0.181. The molecule has 0 fully saturated rings. The number of alkyl halides is 3. The number of aryl methyl sites for hydroxylation is 1. The maximum atomic E-state index is 11.9. The summed E-state index contributed by atoms with van der Waals surface area (Å²) in [5, 5.41) is 2.93. The van der Waals surface area contributed by atoms with Gasteiger partial charge in [-0.1, -0.05) is 0 Å². The second-order valence-corrected chi connectivity index (χ2v) is 3.95. The van der Waals surface area contributed by atoms with E-state index in [0.717, 1.165) is 12.4 Å². The molecule has 1 aromatic heterocycles. The molecule has 1 N–H and O–H groups in total. The second-order valence-electron chi connectivity index (χ2n) is 3.95. The molecule has 0 aromatic carbocycles. The maximum Gasteiger partial charge on any atom is 0.411 e. The van der Waals surface area contributed by atoms with Crippen LogP contribution in [0.5, 0.6) is 0 Å². The number of halogens is 3. The molecular weight excluding hydrogens is 247 g/mol. The van der Waals surface area contributed by atoms with Gasteiger partial charge in [-0.3, -0.25) is 0 Å². The maximum absolute atomic E-state index is 11.9. The lowest BCUT2D eigenvalue weighted by molar-refractivity contribution is -0.175. The minimum Gasteiger partial charge on any atom is -0.370 e. The van der Waals surface area contributed by atoms with Gasteiger partial charge in [0.05, 0.1) is 6.61 Å². The molecule has 0 amide bonds. The van der Waals surface area contributed by atoms with Crippen LogP contribution in [0.1, 0.15) is 12.7 Å². The molecule has 4 nitrogen and oxygen atoms in total. The van der Waals surface area contributed by atoms with Crippen LogP contribution in [0.4, 0.5) is 13.2 Å². The number of likely N-dealkylation sites (N-methyl/N-ethyl adjacent to an activating group) is 1. The summed E-state index contributed by atoms with van der Waals surface area (Å²) in [4.78, 5) is 4.18. The van der Waals surface area contributed by atoms with Crippen LogP contribution in [0.15, 0.2) is 12.4 Å². The van der Waals surface area contributed by atoms with Crippen LogP contribution in [-0.4, -0.2) is 42.0 Å². The van der Waals surface area contributed by atoms with E-state index >= 15 is 0 Å². The van der Waals surface area contributed by atoms with Crippen LogP contribution in [0.3, 0.4) is 0 Å². The number of hydrogen-bond donors (Lipinski definition) is 1. The van der Waals surface area contributed by atoms with Gasteiger partial charge in [0.15, 0.2) is 0 Å². The summed E-state index contributed by atoms with van der Waals surface area (Å²) in [6.07, 6.45) is -0.212. The SMILES string of the molecule is CCn1ccnc1CC(COCC(F)(F)F)NC. The van der Waals surface area contributed by atoms with E-state index in [1.165, 1.54) is 0 Å². The Morgan fingerprint density at radius 3 is 2.78 bits per heavy atom. The van der Waals surface area contributed by atoms with Crippen LogP contribution in [0.25, 0.3) is 0 Å². The Bertz CT molecular complexity index is 352. The standard InChI is InChI=1S/C11H18F3N3O/c1-3-17-5-4-16-10(17)6-9(15-2)7-18-8-11(12,13)14/h4-5,9,15H,3,6-8H2,1-2H3. The van der Waals surface area contributed by atoms with E-state index in [2.05, 4.69) is 15.0 Å². The highest BCUT2D eigenvalue weighted by atomic mass is 19.4. The topological polar surface area (TPSA) is 39.1 Å². The third-order valence-electron chi connectivity index (χ3n) is 2.56. The lowest BCUT2D eigenvalue weighted by Crippen LogP contribution is -2.35. The monoisotopic (exact) mass is 265 g/mol. The average Bonchev–Trinajstić information content (AvgIpc) is 2.73. The number of ether oxygens (including phenoxy) is 1. The van der Waals surface area contributed by atoms with E-state index in [4.69, 9.17) is 0 Å². The van der Waals surface area contributed by atoms with Crippen LogP contribution >= 0.6 is 0 Å². The first-order valence-electron chi connectivity index (χ1n) is 5.78. The molecule has 0 saturated carbocycles. The zero-order chi connectivity index (χ0) is 13.6. The summed E-state index contributed by atoms with van der Waals surface area (Å²) < 4.78 is 42.4. The lowest BCUT2D eigenvalue weighted by atomic mass is 10.2. The first-order chi connectivity index (χ1) is 8.46. The number of imidazole rings is 1. The number of nitrogens with zero attached hydrogens (tertiary/aromatic N) is 2. The minimum atomic E-state index is -4.28. The van der Waals surface area contributed by atoms with Gasteiger partial charge in [0.1, 0.15) is 12.4 Å². The van der Waals surface area contributed by atoms with Gasteiger partial charge in [-0.05, 0) is 14.0 Å². The third-order valence-corrected chi connectivity index (χ3v) is 2.56. The molecule has 1 aromatic rings. The van der Waals surface area contributed by atoms with Crippen molar-refractivity contribution in [2.24, 2.45) is 0 Å². The van der Waals surface area contributed by atoms with E-state index in [9.17, 15) is 13.2 Å². The molecule has 0 saturated heterocycles. The molecule has 1 rings (SSSR count). The van der Waals surface area contributed by atoms with Crippen molar-refractivity contribution in [2.45, 2.75) is 32.1 Å². The first-order valence-corrected chi connectivity index (χ1v) is 5.78. The summed E-state index contributed by atoms with van der Waals surface area (Å²) in [5.74, 6) is 0.840. The van der Waals surface area contributed by atoms with Crippen LogP contribution in [0.2, 0.25) is 0 Å². The van der Waals surface area contributed by atoms with Crippen molar-refractivity contribution >= 4 is 0 Å². The van der Waals surface area contributed by atoms with E-state index in [0.29, 0.717) is 6.42 Å². The van der Waals surface area contributed by atoms with Crippen molar-refractivity contribution in [3.05, 3.63) is 18.2 Å². The Balaban J connectivity index is 2.42. The van der Waals surface area contributed by atoms with Crippen LogP contribution < -0.4 is 5.32 Å². The fourth-order valence-electron chi connectivity index (χ4n) is 1.60. The van der Waals surface area contributed by atoms with Crippen LogP contribution in [-0.2, 0) is 17.7 Å². The smallest absolute Gasteiger partial charge is 0.370 e. The third kappa shape index (κ3) is 5.05. The molecule has 0 aliphatic rings. The van der Waals surface area contributed by atoms with E-state index in [1.807, 2.05) is 17.7 Å².